The van der Waals surface area contributed by atoms with Crippen molar-refractivity contribution in [3.63, 3.8) is 0 Å². The minimum atomic E-state index is -0.0527. The second-order valence-electron chi connectivity index (χ2n) is 6.37. The number of likely N-dealkylation sites (tertiary alicyclic amines) is 1. The Kier molecular flexibility index (Phi) is 4.91. The number of piperidine rings is 1. The molecule has 0 amide bonds. The minimum absolute atomic E-state index is 0.0527. The fourth-order valence-electron chi connectivity index (χ4n) is 3.39. The molecule has 0 unspecified atom stereocenters. The van der Waals surface area contributed by atoms with Crippen LogP contribution in [0.3, 0.4) is 0 Å². The van der Waals surface area contributed by atoms with Crippen molar-refractivity contribution in [2.75, 3.05) is 13.1 Å². The van der Waals surface area contributed by atoms with Crippen LogP contribution in [0.15, 0.2) is 23.3 Å². The number of imidazole rings is 1. The van der Waals surface area contributed by atoms with E-state index in [2.05, 4.69) is 37.5 Å². The van der Waals surface area contributed by atoms with Crippen molar-refractivity contribution >= 4 is 0 Å². The summed E-state index contributed by atoms with van der Waals surface area (Å²) in [7, 11) is 0. The standard InChI is InChI=1S/C17H25N5O/c1-3-7-22-9-6-18-16(22)12-21-8-4-5-14(11-21)15-10-17(23)20-13(2)19-15/h6,9-10,14H,3-5,7-8,11-12H2,1-2H3,(H,19,20,23)/t14-/m1/s1. The first-order valence-corrected chi connectivity index (χ1v) is 8.46. The summed E-state index contributed by atoms with van der Waals surface area (Å²) in [5.41, 5.74) is 0.871. The Bertz CT molecular complexity index is 705. The average Bonchev–Trinajstić information content (AvgIpc) is 2.94. The first-order valence-electron chi connectivity index (χ1n) is 8.46. The highest BCUT2D eigenvalue weighted by Gasteiger charge is 2.23. The normalized spacial score (nSPS) is 19.1. The van der Waals surface area contributed by atoms with E-state index < -0.39 is 0 Å². The van der Waals surface area contributed by atoms with Gasteiger partial charge in [-0.3, -0.25) is 9.69 Å². The second kappa shape index (κ2) is 7.08. The Balaban J connectivity index is 1.70. The molecule has 1 fully saturated rings. The van der Waals surface area contributed by atoms with E-state index in [1.807, 2.05) is 13.1 Å². The van der Waals surface area contributed by atoms with E-state index in [1.54, 1.807) is 6.07 Å². The Morgan fingerprint density at radius 2 is 2.30 bits per heavy atom. The zero-order chi connectivity index (χ0) is 16.2. The number of nitrogens with one attached hydrogen (secondary N) is 1. The summed E-state index contributed by atoms with van der Waals surface area (Å²) in [6, 6.07) is 1.65. The lowest BCUT2D eigenvalue weighted by atomic mass is 9.94. The largest absolute Gasteiger partial charge is 0.334 e. The number of hydrogen-bond acceptors (Lipinski definition) is 4. The molecule has 0 bridgehead atoms. The van der Waals surface area contributed by atoms with Gasteiger partial charge in [0.15, 0.2) is 0 Å². The average molecular weight is 315 g/mol. The second-order valence-corrected chi connectivity index (χ2v) is 6.37. The van der Waals surface area contributed by atoms with E-state index in [0.717, 1.165) is 57.0 Å². The number of hydrogen-bond donors (Lipinski definition) is 1. The molecule has 2 aromatic rings. The zero-order valence-electron chi connectivity index (χ0n) is 14.0. The van der Waals surface area contributed by atoms with E-state index in [-0.39, 0.29) is 5.56 Å². The van der Waals surface area contributed by atoms with Crippen molar-refractivity contribution in [2.45, 2.75) is 52.1 Å². The summed E-state index contributed by atoms with van der Waals surface area (Å²) in [6.07, 6.45) is 7.28. The van der Waals surface area contributed by atoms with Crippen LogP contribution < -0.4 is 5.56 Å². The van der Waals surface area contributed by atoms with E-state index in [9.17, 15) is 4.79 Å². The van der Waals surface area contributed by atoms with Crippen LogP contribution in [-0.2, 0) is 13.1 Å². The molecule has 23 heavy (non-hydrogen) atoms. The fourth-order valence-corrected chi connectivity index (χ4v) is 3.39. The van der Waals surface area contributed by atoms with Crippen LogP contribution in [0.2, 0.25) is 0 Å². The molecule has 0 spiro atoms. The Hall–Kier alpha value is -1.95. The molecule has 0 radical (unpaired) electrons. The van der Waals surface area contributed by atoms with E-state index in [4.69, 9.17) is 0 Å². The lowest BCUT2D eigenvalue weighted by molar-refractivity contribution is 0.191. The molecule has 1 aliphatic heterocycles. The van der Waals surface area contributed by atoms with Crippen LogP contribution in [-0.4, -0.2) is 37.5 Å². The topological polar surface area (TPSA) is 66.8 Å². The van der Waals surface area contributed by atoms with Gasteiger partial charge in [-0.2, -0.15) is 0 Å². The highest BCUT2D eigenvalue weighted by Crippen LogP contribution is 2.25. The van der Waals surface area contributed by atoms with Gasteiger partial charge in [-0.05, 0) is 32.7 Å². The van der Waals surface area contributed by atoms with Crippen molar-refractivity contribution in [3.05, 3.63) is 46.2 Å². The van der Waals surface area contributed by atoms with Crippen LogP contribution in [0.1, 0.15) is 49.4 Å². The van der Waals surface area contributed by atoms with Gasteiger partial charge in [0.05, 0.1) is 12.2 Å². The van der Waals surface area contributed by atoms with Crippen LogP contribution in [0.5, 0.6) is 0 Å². The van der Waals surface area contributed by atoms with Crippen molar-refractivity contribution < 1.29 is 0 Å². The number of aromatic amines is 1. The van der Waals surface area contributed by atoms with Gasteiger partial charge in [-0.15, -0.1) is 0 Å². The predicted molar refractivity (Wildman–Crippen MR) is 89.4 cm³/mol. The van der Waals surface area contributed by atoms with Crippen LogP contribution in [0.25, 0.3) is 0 Å². The molecular formula is C17H25N5O. The van der Waals surface area contributed by atoms with E-state index in [0.29, 0.717) is 11.7 Å². The first kappa shape index (κ1) is 15.9. The SMILES string of the molecule is CCCn1ccnc1CN1CCC[C@@H](c2cc(=O)[nH]c(C)n2)C1. The molecule has 3 heterocycles. The maximum absolute atomic E-state index is 11.7. The summed E-state index contributed by atoms with van der Waals surface area (Å²) in [5, 5.41) is 0. The minimum Gasteiger partial charge on any atom is -0.334 e. The van der Waals surface area contributed by atoms with Crippen LogP contribution in [0, 0.1) is 6.92 Å². The van der Waals surface area contributed by atoms with Crippen molar-refractivity contribution in [3.8, 4) is 0 Å². The zero-order valence-corrected chi connectivity index (χ0v) is 14.0. The maximum atomic E-state index is 11.7. The smallest absolute Gasteiger partial charge is 0.251 e. The number of H-pyrrole nitrogens is 1. The molecule has 6 nitrogen and oxygen atoms in total. The molecule has 1 atom stereocenters. The molecule has 124 valence electrons. The fraction of sp³-hybridized carbons (Fsp3) is 0.588. The van der Waals surface area contributed by atoms with Gasteiger partial charge in [0, 0.05) is 37.5 Å². The quantitative estimate of drug-likeness (QED) is 0.917. The molecule has 1 saturated heterocycles. The van der Waals surface area contributed by atoms with Gasteiger partial charge in [-0.25, -0.2) is 9.97 Å². The summed E-state index contributed by atoms with van der Waals surface area (Å²) in [5.74, 6) is 2.16. The van der Waals surface area contributed by atoms with Gasteiger partial charge in [-0.1, -0.05) is 6.92 Å². The van der Waals surface area contributed by atoms with Gasteiger partial charge >= 0.3 is 0 Å². The molecule has 6 heteroatoms. The summed E-state index contributed by atoms with van der Waals surface area (Å²) >= 11 is 0. The molecule has 2 aromatic heterocycles. The van der Waals surface area contributed by atoms with Crippen molar-refractivity contribution in [1.29, 1.82) is 0 Å². The molecule has 1 N–H and O–H groups in total. The molecule has 0 saturated carbocycles. The summed E-state index contributed by atoms with van der Waals surface area (Å²) < 4.78 is 2.24. The van der Waals surface area contributed by atoms with E-state index in [1.165, 1.54) is 0 Å². The van der Waals surface area contributed by atoms with Gasteiger partial charge < -0.3 is 9.55 Å². The monoisotopic (exact) mass is 315 g/mol. The Morgan fingerprint density at radius 1 is 1.43 bits per heavy atom. The Morgan fingerprint density at radius 3 is 3.09 bits per heavy atom. The highest BCUT2D eigenvalue weighted by molar-refractivity contribution is 5.10. The molecule has 3 rings (SSSR count). The van der Waals surface area contributed by atoms with Gasteiger partial charge in [0.2, 0.25) is 0 Å². The predicted octanol–water partition coefficient (Wildman–Crippen LogP) is 2.06. The molecule has 0 aromatic carbocycles. The Labute approximate surface area is 136 Å². The molecule has 1 aliphatic rings. The number of aryl methyl sites for hydroxylation is 2. The van der Waals surface area contributed by atoms with Crippen molar-refractivity contribution in [2.24, 2.45) is 0 Å². The number of aromatic nitrogens is 4. The third kappa shape index (κ3) is 3.88. The lowest BCUT2D eigenvalue weighted by Crippen LogP contribution is -2.35. The summed E-state index contributed by atoms with van der Waals surface area (Å²) in [6.45, 7) is 7.92. The lowest BCUT2D eigenvalue weighted by Gasteiger charge is -2.32. The van der Waals surface area contributed by atoms with Crippen LogP contribution >= 0.6 is 0 Å². The third-order valence-corrected chi connectivity index (χ3v) is 4.43. The van der Waals surface area contributed by atoms with Crippen molar-refractivity contribution in [1.82, 2.24) is 24.4 Å². The molecule has 0 aliphatic carbocycles. The molecular weight excluding hydrogens is 290 g/mol. The van der Waals surface area contributed by atoms with Gasteiger partial charge in [0.1, 0.15) is 11.6 Å². The summed E-state index contributed by atoms with van der Waals surface area (Å²) in [4.78, 5) is 25.9. The third-order valence-electron chi connectivity index (χ3n) is 4.43. The van der Waals surface area contributed by atoms with Crippen LogP contribution in [0.4, 0.5) is 0 Å². The number of rotatable bonds is 5. The highest BCUT2D eigenvalue weighted by atomic mass is 16.1. The van der Waals surface area contributed by atoms with Gasteiger partial charge in [0.25, 0.3) is 5.56 Å². The maximum Gasteiger partial charge on any atom is 0.251 e. The number of nitrogens with zero attached hydrogens (tertiary/aromatic N) is 4. The van der Waals surface area contributed by atoms with E-state index >= 15 is 0 Å². The first-order chi connectivity index (χ1) is 11.2.